The van der Waals surface area contributed by atoms with E-state index in [0.29, 0.717) is 34.5 Å². The highest BCUT2D eigenvalue weighted by Gasteiger charge is 2.23. The molecule has 0 fully saturated rings. The largest absolute Gasteiger partial charge is 0.475 e. The molecule has 0 amide bonds. The van der Waals surface area contributed by atoms with Crippen molar-refractivity contribution in [2.45, 2.75) is 13.8 Å². The topological polar surface area (TPSA) is 65.7 Å². The molecule has 0 radical (unpaired) electrons. The van der Waals surface area contributed by atoms with Gasteiger partial charge in [-0.05, 0) is 26.0 Å². The van der Waals surface area contributed by atoms with Crippen molar-refractivity contribution < 1.29 is 14.3 Å². The second-order valence-corrected chi connectivity index (χ2v) is 5.33. The van der Waals surface area contributed by atoms with Gasteiger partial charge in [0.1, 0.15) is 5.69 Å². The zero-order valence-corrected chi connectivity index (χ0v) is 14.1. The van der Waals surface area contributed by atoms with Crippen LogP contribution in [0.15, 0.2) is 36.7 Å². The monoisotopic (exact) mass is 345 g/mol. The molecule has 6 nitrogen and oxygen atoms in total. The molecule has 3 rings (SSSR count). The number of carbonyl (C=O) groups excluding carboxylic acids is 1. The molecule has 0 N–H and O–H groups in total. The van der Waals surface area contributed by atoms with E-state index < -0.39 is 5.97 Å². The van der Waals surface area contributed by atoms with Crippen LogP contribution in [-0.2, 0) is 4.74 Å². The van der Waals surface area contributed by atoms with E-state index in [-0.39, 0.29) is 6.61 Å². The molecule has 124 valence electrons. The summed E-state index contributed by atoms with van der Waals surface area (Å²) in [4.78, 5) is 21.2. The van der Waals surface area contributed by atoms with Crippen LogP contribution in [0.4, 0.5) is 0 Å². The average Bonchev–Trinajstić information content (AvgIpc) is 2.96. The molecule has 0 bridgehead atoms. The number of hydrogen-bond acceptors (Lipinski definition) is 5. The minimum atomic E-state index is -0.455. The number of benzene rings is 1. The number of aromatic nitrogens is 3. The van der Waals surface area contributed by atoms with Gasteiger partial charge in [0, 0.05) is 23.0 Å². The van der Waals surface area contributed by atoms with Gasteiger partial charge >= 0.3 is 5.97 Å². The van der Waals surface area contributed by atoms with Crippen molar-refractivity contribution in [3.05, 3.63) is 47.4 Å². The standard InChI is InChI=1S/C17H16ClN3O3/c1-3-23-16-15-20-13(11-5-7-12(18)8-6-11)14(17(22)24-4-2)21(15)10-9-19-16/h5-10H,3-4H2,1-2H3. The summed E-state index contributed by atoms with van der Waals surface area (Å²) in [7, 11) is 0. The van der Waals surface area contributed by atoms with Crippen LogP contribution in [0.5, 0.6) is 5.88 Å². The lowest BCUT2D eigenvalue weighted by Crippen LogP contribution is -2.10. The summed E-state index contributed by atoms with van der Waals surface area (Å²) in [6, 6.07) is 7.11. The summed E-state index contributed by atoms with van der Waals surface area (Å²) < 4.78 is 12.3. The Kier molecular flexibility index (Phi) is 4.66. The van der Waals surface area contributed by atoms with Gasteiger partial charge in [0.05, 0.1) is 13.2 Å². The van der Waals surface area contributed by atoms with Crippen LogP contribution in [0.2, 0.25) is 5.02 Å². The maximum atomic E-state index is 12.5. The van der Waals surface area contributed by atoms with Crippen molar-refractivity contribution in [3.63, 3.8) is 0 Å². The summed E-state index contributed by atoms with van der Waals surface area (Å²) >= 11 is 5.95. The summed E-state index contributed by atoms with van der Waals surface area (Å²) in [6.07, 6.45) is 3.23. The van der Waals surface area contributed by atoms with Crippen LogP contribution in [0, 0.1) is 0 Å². The Hall–Kier alpha value is -2.60. The van der Waals surface area contributed by atoms with Gasteiger partial charge in [-0.15, -0.1) is 0 Å². The second kappa shape index (κ2) is 6.88. The van der Waals surface area contributed by atoms with E-state index in [2.05, 4.69) is 9.97 Å². The van der Waals surface area contributed by atoms with Crippen molar-refractivity contribution >= 4 is 23.2 Å². The van der Waals surface area contributed by atoms with Crippen LogP contribution in [-0.4, -0.2) is 33.6 Å². The molecule has 2 heterocycles. The van der Waals surface area contributed by atoms with Crippen LogP contribution in [0.1, 0.15) is 24.3 Å². The highest BCUT2D eigenvalue weighted by molar-refractivity contribution is 6.30. The number of rotatable bonds is 5. The lowest BCUT2D eigenvalue weighted by Gasteiger charge is -2.06. The molecule has 7 heteroatoms. The van der Waals surface area contributed by atoms with Gasteiger partial charge in [-0.3, -0.25) is 4.40 Å². The van der Waals surface area contributed by atoms with Crippen LogP contribution < -0.4 is 4.74 Å². The van der Waals surface area contributed by atoms with Gasteiger partial charge in [-0.1, -0.05) is 23.7 Å². The molecule has 0 atom stereocenters. The number of ether oxygens (including phenoxy) is 2. The Balaban J connectivity index is 2.26. The first kappa shape index (κ1) is 16.3. The minimum absolute atomic E-state index is 0.273. The zero-order chi connectivity index (χ0) is 17.1. The van der Waals surface area contributed by atoms with E-state index in [1.807, 2.05) is 6.92 Å². The van der Waals surface area contributed by atoms with Gasteiger partial charge in [0.15, 0.2) is 5.69 Å². The number of fused-ring (bicyclic) bond motifs is 1. The fraction of sp³-hybridized carbons (Fsp3) is 0.235. The number of esters is 1. The third-order valence-corrected chi connectivity index (χ3v) is 3.63. The van der Waals surface area contributed by atoms with Crippen molar-refractivity contribution in [2.75, 3.05) is 13.2 Å². The molecule has 0 saturated heterocycles. The number of imidazole rings is 1. The Morgan fingerprint density at radius 1 is 1.21 bits per heavy atom. The van der Waals surface area contributed by atoms with Crippen LogP contribution in [0.25, 0.3) is 16.9 Å². The predicted molar refractivity (Wildman–Crippen MR) is 90.6 cm³/mol. The van der Waals surface area contributed by atoms with E-state index >= 15 is 0 Å². The fourth-order valence-electron chi connectivity index (χ4n) is 2.40. The third-order valence-electron chi connectivity index (χ3n) is 3.38. The number of hydrogen-bond donors (Lipinski definition) is 0. The van der Waals surface area contributed by atoms with E-state index in [9.17, 15) is 4.79 Å². The zero-order valence-electron chi connectivity index (χ0n) is 13.3. The molecule has 24 heavy (non-hydrogen) atoms. The Morgan fingerprint density at radius 3 is 2.62 bits per heavy atom. The van der Waals surface area contributed by atoms with E-state index in [4.69, 9.17) is 21.1 Å². The van der Waals surface area contributed by atoms with E-state index in [1.54, 1.807) is 48.0 Å². The Labute approximate surface area is 144 Å². The first-order chi connectivity index (χ1) is 11.7. The molecular formula is C17H16ClN3O3. The second-order valence-electron chi connectivity index (χ2n) is 4.90. The molecule has 0 aliphatic carbocycles. The van der Waals surface area contributed by atoms with Crippen molar-refractivity contribution in [1.29, 1.82) is 0 Å². The van der Waals surface area contributed by atoms with Crippen molar-refractivity contribution in [2.24, 2.45) is 0 Å². The van der Waals surface area contributed by atoms with Crippen LogP contribution >= 0.6 is 11.6 Å². The average molecular weight is 346 g/mol. The number of halogens is 1. The van der Waals surface area contributed by atoms with Gasteiger partial charge in [-0.25, -0.2) is 14.8 Å². The first-order valence-electron chi connectivity index (χ1n) is 7.58. The normalized spacial score (nSPS) is 10.8. The molecule has 0 aliphatic heterocycles. The smallest absolute Gasteiger partial charge is 0.357 e. The maximum absolute atomic E-state index is 12.5. The van der Waals surface area contributed by atoms with E-state index in [0.717, 1.165) is 5.56 Å². The lowest BCUT2D eigenvalue weighted by atomic mass is 10.1. The number of carbonyl (C=O) groups is 1. The quantitative estimate of drug-likeness (QED) is 0.661. The fourth-order valence-corrected chi connectivity index (χ4v) is 2.52. The van der Waals surface area contributed by atoms with Gasteiger partial charge in [0.25, 0.3) is 5.88 Å². The lowest BCUT2D eigenvalue weighted by molar-refractivity contribution is 0.0519. The molecule has 1 aromatic carbocycles. The van der Waals surface area contributed by atoms with Gasteiger partial charge in [0.2, 0.25) is 5.65 Å². The molecule has 2 aromatic heterocycles. The molecule has 0 spiro atoms. The summed E-state index contributed by atoms with van der Waals surface area (Å²) in [5, 5.41) is 0.608. The summed E-state index contributed by atoms with van der Waals surface area (Å²) in [5.74, 6) is -0.0886. The maximum Gasteiger partial charge on any atom is 0.357 e. The molecule has 3 aromatic rings. The van der Waals surface area contributed by atoms with E-state index in [1.165, 1.54) is 0 Å². The predicted octanol–water partition coefficient (Wildman–Crippen LogP) is 3.63. The third kappa shape index (κ3) is 2.92. The van der Waals surface area contributed by atoms with Crippen molar-refractivity contribution in [1.82, 2.24) is 14.4 Å². The number of nitrogens with zero attached hydrogens (tertiary/aromatic N) is 3. The van der Waals surface area contributed by atoms with Gasteiger partial charge < -0.3 is 9.47 Å². The SMILES string of the molecule is CCOC(=O)c1c(-c2ccc(Cl)cc2)nc2c(OCC)nccn12. The highest BCUT2D eigenvalue weighted by Crippen LogP contribution is 2.29. The van der Waals surface area contributed by atoms with Crippen molar-refractivity contribution in [3.8, 4) is 17.1 Å². The molecule has 0 unspecified atom stereocenters. The summed E-state index contributed by atoms with van der Waals surface area (Å²) in [6.45, 7) is 4.34. The Bertz CT molecular complexity index is 875. The molecular weight excluding hydrogens is 330 g/mol. The molecule has 0 saturated carbocycles. The molecule has 0 aliphatic rings. The van der Waals surface area contributed by atoms with Gasteiger partial charge in [-0.2, -0.15) is 0 Å². The minimum Gasteiger partial charge on any atom is -0.475 e. The highest BCUT2D eigenvalue weighted by atomic mass is 35.5. The van der Waals surface area contributed by atoms with Crippen LogP contribution in [0.3, 0.4) is 0 Å². The summed E-state index contributed by atoms with van der Waals surface area (Å²) in [5.41, 5.74) is 2.05. The Morgan fingerprint density at radius 2 is 1.96 bits per heavy atom. The first-order valence-corrected chi connectivity index (χ1v) is 7.96.